The second-order valence-corrected chi connectivity index (χ2v) is 6.81. The van der Waals surface area contributed by atoms with Crippen molar-refractivity contribution in [1.29, 1.82) is 0 Å². The Morgan fingerprint density at radius 1 is 1.10 bits per heavy atom. The molecule has 1 saturated heterocycles. The molecule has 0 spiro atoms. The van der Waals surface area contributed by atoms with Gasteiger partial charge in [0.2, 0.25) is 5.78 Å². The molecule has 0 unspecified atom stereocenters. The molecule has 4 rings (SSSR count). The number of fused-ring (bicyclic) bond motifs is 1. The van der Waals surface area contributed by atoms with E-state index in [2.05, 4.69) is 5.32 Å². The van der Waals surface area contributed by atoms with E-state index in [1.54, 1.807) is 48.5 Å². The highest BCUT2D eigenvalue weighted by atomic mass is 32.1. The number of hydrogen-bond donors (Lipinski definition) is 1. The van der Waals surface area contributed by atoms with Crippen molar-refractivity contribution in [3.8, 4) is 11.5 Å². The summed E-state index contributed by atoms with van der Waals surface area (Å²) in [5, 5.41) is 2.87. The Bertz CT molecular complexity index is 1130. The number of Topliss-reactive ketones (excluding diaryl/α,β-unsaturated/α-hetero) is 1. The summed E-state index contributed by atoms with van der Waals surface area (Å²) in [5.74, 6) is -0.934. The number of hydrogen-bond acceptors (Lipinski definition) is 6. The van der Waals surface area contributed by atoms with Crippen LogP contribution < -0.4 is 14.8 Å². The van der Waals surface area contributed by atoms with Crippen LogP contribution in [0.4, 0.5) is 0 Å². The van der Waals surface area contributed by atoms with E-state index in [1.165, 1.54) is 6.07 Å². The average molecular weight is 420 g/mol. The minimum Gasteiger partial charge on any atom is -0.494 e. The van der Waals surface area contributed by atoms with Crippen molar-refractivity contribution in [3.05, 3.63) is 77.1 Å². The molecule has 0 saturated carbocycles. The lowest BCUT2D eigenvalue weighted by molar-refractivity contribution is -0.130. The lowest BCUT2D eigenvalue weighted by Crippen LogP contribution is -2.31. The maximum atomic E-state index is 12.8. The first kappa shape index (κ1) is 19.5. The predicted molar refractivity (Wildman–Crippen MR) is 113 cm³/mol. The van der Waals surface area contributed by atoms with Crippen LogP contribution >= 0.6 is 12.2 Å². The van der Waals surface area contributed by atoms with E-state index in [0.717, 1.165) is 22.4 Å². The Morgan fingerprint density at radius 2 is 1.83 bits per heavy atom. The Kier molecular flexibility index (Phi) is 5.16. The van der Waals surface area contributed by atoms with Crippen LogP contribution in [-0.4, -0.2) is 34.3 Å². The van der Waals surface area contributed by atoms with E-state index < -0.39 is 17.7 Å². The van der Waals surface area contributed by atoms with E-state index in [-0.39, 0.29) is 27.7 Å². The minimum atomic E-state index is -0.835. The summed E-state index contributed by atoms with van der Waals surface area (Å²) < 4.78 is 10.6. The molecule has 7 nitrogen and oxygen atoms in total. The van der Waals surface area contributed by atoms with Gasteiger partial charge in [-0.3, -0.25) is 14.5 Å². The SMILES string of the molecule is CCOc1ccc(/C=C2\NC(=S)N(/C=C3\C(=O)Oc4ccccc4C3=O)C2=O)cc1. The van der Waals surface area contributed by atoms with Gasteiger partial charge in [0.1, 0.15) is 22.8 Å². The van der Waals surface area contributed by atoms with Gasteiger partial charge in [-0.2, -0.15) is 0 Å². The van der Waals surface area contributed by atoms with Gasteiger partial charge in [-0.05, 0) is 55.0 Å². The van der Waals surface area contributed by atoms with Crippen LogP contribution in [0.3, 0.4) is 0 Å². The van der Waals surface area contributed by atoms with Crippen LogP contribution in [0.2, 0.25) is 0 Å². The molecule has 1 fully saturated rings. The van der Waals surface area contributed by atoms with Crippen molar-refractivity contribution in [2.24, 2.45) is 0 Å². The first-order valence-electron chi connectivity index (χ1n) is 9.14. The van der Waals surface area contributed by atoms with Gasteiger partial charge >= 0.3 is 5.97 Å². The van der Waals surface area contributed by atoms with Crippen LogP contribution in [0.1, 0.15) is 22.8 Å². The fraction of sp³-hybridized carbons (Fsp3) is 0.0909. The maximum Gasteiger partial charge on any atom is 0.349 e. The molecule has 1 amide bonds. The molecule has 30 heavy (non-hydrogen) atoms. The van der Waals surface area contributed by atoms with Gasteiger partial charge in [0.15, 0.2) is 5.11 Å². The number of benzene rings is 2. The zero-order valence-electron chi connectivity index (χ0n) is 15.9. The smallest absolute Gasteiger partial charge is 0.349 e. The van der Waals surface area contributed by atoms with Crippen molar-refractivity contribution in [2.45, 2.75) is 6.92 Å². The molecule has 2 aliphatic heterocycles. The molecule has 1 N–H and O–H groups in total. The van der Waals surface area contributed by atoms with Gasteiger partial charge in [-0.25, -0.2) is 4.79 Å². The third-order valence-corrected chi connectivity index (χ3v) is 4.77. The summed E-state index contributed by atoms with van der Waals surface area (Å²) in [6.45, 7) is 2.45. The third-order valence-electron chi connectivity index (χ3n) is 4.47. The second-order valence-electron chi connectivity index (χ2n) is 6.42. The number of nitrogens with zero attached hydrogens (tertiary/aromatic N) is 1. The van der Waals surface area contributed by atoms with Gasteiger partial charge in [0, 0.05) is 6.20 Å². The van der Waals surface area contributed by atoms with Gasteiger partial charge in [-0.15, -0.1) is 0 Å². The molecule has 2 aromatic rings. The van der Waals surface area contributed by atoms with Gasteiger partial charge in [0.05, 0.1) is 12.2 Å². The number of ketones is 1. The number of para-hydroxylation sites is 1. The number of ether oxygens (including phenoxy) is 2. The normalized spacial score (nSPS) is 18.5. The highest BCUT2D eigenvalue weighted by Gasteiger charge is 2.35. The number of carbonyl (C=O) groups excluding carboxylic acids is 3. The molecule has 0 atom stereocenters. The summed E-state index contributed by atoms with van der Waals surface area (Å²) in [6.07, 6.45) is 2.75. The highest BCUT2D eigenvalue weighted by Crippen LogP contribution is 2.28. The standard InChI is InChI=1S/C22H16N2O5S/c1-2-28-14-9-7-13(8-10-14)11-17-20(26)24(22(30)23-17)12-16-19(25)15-5-3-4-6-18(15)29-21(16)27/h3-12H,2H2,1H3,(H,23,30)/b16-12-,17-11-. The maximum absolute atomic E-state index is 12.8. The Labute approximate surface area is 177 Å². The quantitative estimate of drug-likeness (QED) is 0.268. The lowest BCUT2D eigenvalue weighted by Gasteiger charge is -2.18. The van der Waals surface area contributed by atoms with E-state index in [4.69, 9.17) is 21.7 Å². The number of nitrogens with one attached hydrogen (secondary N) is 1. The van der Waals surface area contributed by atoms with Crippen molar-refractivity contribution < 1.29 is 23.9 Å². The number of carbonyl (C=O) groups is 3. The Balaban J connectivity index is 1.60. The summed E-state index contributed by atoms with van der Waals surface area (Å²) in [5.41, 5.74) is 0.958. The fourth-order valence-corrected chi connectivity index (χ4v) is 3.28. The lowest BCUT2D eigenvalue weighted by atomic mass is 10.0. The zero-order chi connectivity index (χ0) is 21.3. The minimum absolute atomic E-state index is 0.0594. The molecule has 8 heteroatoms. The van der Waals surface area contributed by atoms with Crippen LogP contribution in [0.5, 0.6) is 11.5 Å². The zero-order valence-corrected chi connectivity index (χ0v) is 16.7. The summed E-state index contributed by atoms with van der Waals surface area (Å²) >= 11 is 5.21. The topological polar surface area (TPSA) is 84.9 Å². The average Bonchev–Trinajstić information content (AvgIpc) is 2.99. The van der Waals surface area contributed by atoms with E-state index in [9.17, 15) is 14.4 Å². The van der Waals surface area contributed by atoms with Gasteiger partial charge in [-0.1, -0.05) is 24.3 Å². The molecule has 0 aliphatic carbocycles. The molecular formula is C22H16N2O5S. The number of rotatable bonds is 4. The number of esters is 1. The van der Waals surface area contributed by atoms with Crippen LogP contribution in [0.15, 0.2) is 66.0 Å². The van der Waals surface area contributed by atoms with Crippen molar-refractivity contribution in [3.63, 3.8) is 0 Å². The molecule has 0 aromatic heterocycles. The fourth-order valence-electron chi connectivity index (χ4n) is 3.04. The molecule has 2 aromatic carbocycles. The van der Waals surface area contributed by atoms with Crippen molar-refractivity contribution in [2.75, 3.05) is 6.61 Å². The van der Waals surface area contributed by atoms with Crippen LogP contribution in [-0.2, 0) is 9.59 Å². The van der Waals surface area contributed by atoms with Crippen molar-refractivity contribution >= 4 is 41.1 Å². The molecular weight excluding hydrogens is 404 g/mol. The molecule has 2 aliphatic rings. The first-order valence-corrected chi connectivity index (χ1v) is 9.55. The second kappa shape index (κ2) is 7.92. The summed E-state index contributed by atoms with van der Waals surface area (Å²) in [7, 11) is 0. The predicted octanol–water partition coefficient (Wildman–Crippen LogP) is 2.83. The summed E-state index contributed by atoms with van der Waals surface area (Å²) in [6, 6.07) is 13.6. The molecule has 150 valence electrons. The highest BCUT2D eigenvalue weighted by molar-refractivity contribution is 7.80. The van der Waals surface area contributed by atoms with E-state index in [0.29, 0.717) is 6.61 Å². The monoisotopic (exact) mass is 420 g/mol. The first-order chi connectivity index (χ1) is 14.5. The summed E-state index contributed by atoms with van der Waals surface area (Å²) in [4.78, 5) is 38.8. The van der Waals surface area contributed by atoms with Gasteiger partial charge in [0.25, 0.3) is 5.91 Å². The van der Waals surface area contributed by atoms with Crippen LogP contribution in [0.25, 0.3) is 6.08 Å². The molecule has 0 radical (unpaired) electrons. The number of thiocarbonyl (C=S) groups is 1. The number of amides is 1. The Hall–Kier alpha value is -3.78. The van der Waals surface area contributed by atoms with Crippen molar-refractivity contribution in [1.82, 2.24) is 10.2 Å². The van der Waals surface area contributed by atoms with Gasteiger partial charge < -0.3 is 14.8 Å². The Morgan fingerprint density at radius 3 is 2.57 bits per heavy atom. The molecule has 2 heterocycles. The third kappa shape index (κ3) is 3.60. The van der Waals surface area contributed by atoms with E-state index >= 15 is 0 Å². The largest absolute Gasteiger partial charge is 0.494 e. The van der Waals surface area contributed by atoms with E-state index in [1.807, 2.05) is 6.92 Å². The molecule has 0 bridgehead atoms. The van der Waals surface area contributed by atoms with Crippen LogP contribution in [0, 0.1) is 0 Å².